The zero-order chi connectivity index (χ0) is 27.3. The SMILES string of the molecule is COc1ccc(OCC2=CCN(Cc3ccccc3)CC2)c(Br)c1.OCC1=CCN(Cc2ccccc2)CC1. The van der Waals surface area contributed by atoms with Crippen LogP contribution in [0.25, 0.3) is 0 Å². The molecule has 0 saturated heterocycles. The second-order valence-corrected chi connectivity index (χ2v) is 10.8. The van der Waals surface area contributed by atoms with Crippen molar-refractivity contribution in [3.63, 3.8) is 0 Å². The lowest BCUT2D eigenvalue weighted by Gasteiger charge is -2.26. The van der Waals surface area contributed by atoms with Crippen molar-refractivity contribution >= 4 is 15.9 Å². The molecule has 3 aromatic rings. The molecule has 1 N–H and O–H groups in total. The van der Waals surface area contributed by atoms with Crippen LogP contribution in [-0.4, -0.2) is 61.4 Å². The van der Waals surface area contributed by atoms with E-state index in [0.29, 0.717) is 6.61 Å². The smallest absolute Gasteiger partial charge is 0.134 e. The summed E-state index contributed by atoms with van der Waals surface area (Å²) in [6, 6.07) is 26.9. The molecule has 0 unspecified atom stereocenters. The van der Waals surface area contributed by atoms with Gasteiger partial charge in [-0.2, -0.15) is 0 Å². The molecule has 2 heterocycles. The summed E-state index contributed by atoms with van der Waals surface area (Å²) in [5, 5.41) is 8.98. The van der Waals surface area contributed by atoms with Crippen LogP contribution in [0.5, 0.6) is 11.5 Å². The minimum Gasteiger partial charge on any atom is -0.497 e. The zero-order valence-corrected chi connectivity index (χ0v) is 24.4. The standard InChI is InChI=1S/C20H22BrNO2.C13H17NO/c1-23-18-7-8-20(19(21)13-18)24-15-17-9-11-22(12-10-17)14-16-5-3-2-4-6-16;15-11-13-6-8-14(9-7-13)10-12-4-2-1-3-5-12/h2-9,13H,10-12,14-15H2,1H3;1-6,15H,7-11H2. The fourth-order valence-corrected chi connectivity index (χ4v) is 5.12. The highest BCUT2D eigenvalue weighted by Crippen LogP contribution is 2.29. The van der Waals surface area contributed by atoms with Gasteiger partial charge < -0.3 is 14.6 Å². The van der Waals surface area contributed by atoms with Crippen molar-refractivity contribution in [1.29, 1.82) is 0 Å². The minimum absolute atomic E-state index is 0.221. The van der Waals surface area contributed by atoms with Gasteiger partial charge >= 0.3 is 0 Å². The van der Waals surface area contributed by atoms with Gasteiger partial charge in [-0.05, 0) is 69.2 Å². The van der Waals surface area contributed by atoms with Crippen LogP contribution >= 0.6 is 15.9 Å². The Labute approximate surface area is 241 Å². The molecule has 0 radical (unpaired) electrons. The Morgan fingerprint density at radius 2 is 1.33 bits per heavy atom. The van der Waals surface area contributed by atoms with Gasteiger partial charge in [0, 0.05) is 39.3 Å². The fraction of sp³-hybridized carbons (Fsp3) is 0.333. The number of hydrogen-bond donors (Lipinski definition) is 1. The van der Waals surface area contributed by atoms with Gasteiger partial charge in [0.25, 0.3) is 0 Å². The molecule has 0 aromatic heterocycles. The molecule has 3 aromatic carbocycles. The first kappa shape index (κ1) is 29.1. The van der Waals surface area contributed by atoms with Crippen LogP contribution in [-0.2, 0) is 13.1 Å². The monoisotopic (exact) mass is 590 g/mol. The minimum atomic E-state index is 0.221. The fourth-order valence-electron chi connectivity index (χ4n) is 4.65. The van der Waals surface area contributed by atoms with Crippen LogP contribution in [0.2, 0.25) is 0 Å². The molecule has 0 saturated carbocycles. The normalized spacial score (nSPS) is 16.0. The first-order chi connectivity index (χ1) is 19.1. The van der Waals surface area contributed by atoms with Crippen molar-refractivity contribution in [3.8, 4) is 11.5 Å². The molecule has 206 valence electrons. The van der Waals surface area contributed by atoms with Crippen molar-refractivity contribution in [2.75, 3.05) is 46.5 Å². The zero-order valence-electron chi connectivity index (χ0n) is 22.8. The topological polar surface area (TPSA) is 45.2 Å². The predicted molar refractivity (Wildman–Crippen MR) is 162 cm³/mol. The van der Waals surface area contributed by atoms with Gasteiger partial charge in [-0.15, -0.1) is 0 Å². The largest absolute Gasteiger partial charge is 0.497 e. The molecule has 0 aliphatic carbocycles. The molecule has 0 spiro atoms. The summed E-state index contributed by atoms with van der Waals surface area (Å²) in [5.74, 6) is 1.67. The van der Waals surface area contributed by atoms with Gasteiger partial charge in [0.1, 0.15) is 18.1 Å². The van der Waals surface area contributed by atoms with E-state index in [1.807, 2.05) is 24.3 Å². The van der Waals surface area contributed by atoms with Crippen molar-refractivity contribution in [2.45, 2.75) is 25.9 Å². The lowest BCUT2D eigenvalue weighted by molar-refractivity contribution is 0.264. The Balaban J connectivity index is 0.000000202. The van der Waals surface area contributed by atoms with E-state index in [-0.39, 0.29) is 6.61 Å². The highest BCUT2D eigenvalue weighted by Gasteiger charge is 2.13. The van der Waals surface area contributed by atoms with Gasteiger partial charge in [-0.3, -0.25) is 9.80 Å². The summed E-state index contributed by atoms with van der Waals surface area (Å²) < 4.78 is 12.1. The Hall–Kier alpha value is -2.90. The molecule has 0 fully saturated rings. The van der Waals surface area contributed by atoms with Gasteiger partial charge in [0.15, 0.2) is 0 Å². The molecule has 6 heteroatoms. The second-order valence-electron chi connectivity index (χ2n) is 9.91. The Kier molecular flexibility index (Phi) is 11.7. The van der Waals surface area contributed by atoms with E-state index < -0.39 is 0 Å². The Bertz CT molecular complexity index is 1210. The number of benzene rings is 3. The number of hydrogen-bond acceptors (Lipinski definition) is 5. The van der Waals surface area contributed by atoms with Gasteiger partial charge in [0.05, 0.1) is 18.2 Å². The molecule has 5 rings (SSSR count). The number of ether oxygens (including phenoxy) is 2. The third kappa shape index (κ3) is 9.66. The van der Waals surface area contributed by atoms with E-state index in [9.17, 15) is 0 Å². The van der Waals surface area contributed by atoms with E-state index in [1.54, 1.807) is 7.11 Å². The third-order valence-corrected chi connectivity index (χ3v) is 7.65. The summed E-state index contributed by atoms with van der Waals surface area (Å²) in [7, 11) is 1.66. The molecule has 2 aliphatic rings. The van der Waals surface area contributed by atoms with Crippen molar-refractivity contribution in [2.24, 2.45) is 0 Å². The first-order valence-corrected chi connectivity index (χ1v) is 14.4. The van der Waals surface area contributed by atoms with Crippen LogP contribution in [0, 0.1) is 0 Å². The number of nitrogens with zero attached hydrogens (tertiary/aromatic N) is 2. The van der Waals surface area contributed by atoms with E-state index in [4.69, 9.17) is 14.6 Å². The van der Waals surface area contributed by atoms with Crippen LogP contribution < -0.4 is 9.47 Å². The first-order valence-electron chi connectivity index (χ1n) is 13.6. The number of aliphatic hydroxyl groups excluding tert-OH is 1. The average Bonchev–Trinajstić information content (AvgIpc) is 2.99. The van der Waals surface area contributed by atoms with Gasteiger partial charge in [-0.1, -0.05) is 72.8 Å². The van der Waals surface area contributed by atoms with E-state index in [1.165, 1.54) is 22.3 Å². The Morgan fingerprint density at radius 1 is 0.769 bits per heavy atom. The molecule has 39 heavy (non-hydrogen) atoms. The maximum atomic E-state index is 8.98. The quantitative estimate of drug-likeness (QED) is 0.289. The van der Waals surface area contributed by atoms with Crippen molar-refractivity contribution in [3.05, 3.63) is 118 Å². The van der Waals surface area contributed by atoms with Gasteiger partial charge in [0.2, 0.25) is 0 Å². The third-order valence-electron chi connectivity index (χ3n) is 7.03. The van der Waals surface area contributed by atoms with Crippen molar-refractivity contribution in [1.82, 2.24) is 9.80 Å². The summed E-state index contributed by atoms with van der Waals surface area (Å²) in [6.07, 6.45) is 6.50. The maximum Gasteiger partial charge on any atom is 0.134 e. The van der Waals surface area contributed by atoms with Crippen LogP contribution in [0.3, 0.4) is 0 Å². The highest BCUT2D eigenvalue weighted by atomic mass is 79.9. The van der Waals surface area contributed by atoms with Crippen LogP contribution in [0.4, 0.5) is 0 Å². The average molecular weight is 592 g/mol. The van der Waals surface area contributed by atoms with Crippen LogP contribution in [0.1, 0.15) is 24.0 Å². The summed E-state index contributed by atoms with van der Waals surface area (Å²) in [6.45, 7) is 6.96. The molecule has 0 bridgehead atoms. The number of halogens is 1. The van der Waals surface area contributed by atoms with Crippen LogP contribution in [0.15, 0.2) is 107 Å². The molecule has 5 nitrogen and oxygen atoms in total. The molecule has 0 amide bonds. The Morgan fingerprint density at radius 3 is 1.79 bits per heavy atom. The lowest BCUT2D eigenvalue weighted by Crippen LogP contribution is -2.29. The number of rotatable bonds is 9. The summed E-state index contributed by atoms with van der Waals surface area (Å²) in [4.78, 5) is 4.86. The van der Waals surface area contributed by atoms with Crippen molar-refractivity contribution < 1.29 is 14.6 Å². The second kappa shape index (κ2) is 15.6. The van der Waals surface area contributed by atoms with E-state index >= 15 is 0 Å². The lowest BCUT2D eigenvalue weighted by atomic mass is 10.1. The molecule has 2 aliphatic heterocycles. The summed E-state index contributed by atoms with van der Waals surface area (Å²) >= 11 is 3.53. The molecule has 0 atom stereocenters. The highest BCUT2D eigenvalue weighted by molar-refractivity contribution is 9.10. The van der Waals surface area contributed by atoms with E-state index in [0.717, 1.165) is 68.1 Å². The number of aliphatic hydroxyl groups is 1. The maximum absolute atomic E-state index is 8.98. The molecular formula is C33H39BrN2O3. The van der Waals surface area contributed by atoms with Gasteiger partial charge in [-0.25, -0.2) is 0 Å². The van der Waals surface area contributed by atoms with E-state index in [2.05, 4.69) is 92.5 Å². The summed E-state index contributed by atoms with van der Waals surface area (Å²) in [5.41, 5.74) is 5.27. The number of methoxy groups -OCH3 is 1. The predicted octanol–water partition coefficient (Wildman–Crippen LogP) is 6.48. The molecular weight excluding hydrogens is 552 g/mol.